The highest BCUT2D eigenvalue weighted by Crippen LogP contribution is 2.44. The molecule has 1 unspecified atom stereocenters. The number of aliphatic hydroxyl groups excluding tert-OH is 1. The van der Waals surface area contributed by atoms with E-state index in [4.69, 9.17) is 44.6 Å². The average Bonchev–Trinajstić information content (AvgIpc) is 2.85. The summed E-state index contributed by atoms with van der Waals surface area (Å²) in [5.41, 5.74) is 0.153. The third-order valence-electron chi connectivity index (χ3n) is 2.80. The van der Waals surface area contributed by atoms with Crippen molar-refractivity contribution in [2.75, 3.05) is 6.51 Å². The maximum Gasteiger partial charge on any atom is 0.566 e. The van der Waals surface area contributed by atoms with Crippen molar-refractivity contribution in [2.45, 2.75) is 31.7 Å². The van der Waals surface area contributed by atoms with Gasteiger partial charge < -0.3 is 9.84 Å². The lowest BCUT2D eigenvalue weighted by Crippen LogP contribution is -2.28. The summed E-state index contributed by atoms with van der Waals surface area (Å²) in [5, 5.41) is 9.06. The zero-order valence-corrected chi connectivity index (χ0v) is 13.7. The van der Waals surface area contributed by atoms with Gasteiger partial charge in [-0.1, -0.05) is 12.2 Å². The molecule has 0 aliphatic carbocycles. The molecule has 0 amide bonds. The van der Waals surface area contributed by atoms with Gasteiger partial charge in [-0.2, -0.15) is 19.2 Å². The Balaban J connectivity index is 0.000000322. The van der Waals surface area contributed by atoms with E-state index in [1.165, 1.54) is 10.8 Å². The summed E-state index contributed by atoms with van der Waals surface area (Å²) in [6.07, 6.45) is 2.53. The number of aliphatic hydroxyl groups is 1. The van der Waals surface area contributed by atoms with Crippen LogP contribution in [0.2, 0.25) is 0 Å². The van der Waals surface area contributed by atoms with E-state index < -0.39 is 14.7 Å². The maximum atomic E-state index is 11.6. The van der Waals surface area contributed by atoms with Gasteiger partial charge in [0.05, 0.1) is 13.1 Å². The lowest BCUT2D eigenvalue weighted by molar-refractivity contribution is 0.0336. The second kappa shape index (κ2) is 9.05. The zero-order chi connectivity index (χ0) is 17.6. The van der Waals surface area contributed by atoms with Crippen LogP contribution >= 0.6 is 20.4 Å². The van der Waals surface area contributed by atoms with E-state index in [0.29, 0.717) is 18.4 Å². The van der Waals surface area contributed by atoms with E-state index >= 15 is 0 Å². The first-order valence-corrected chi connectivity index (χ1v) is 8.43. The Morgan fingerprint density at radius 1 is 1.48 bits per heavy atom. The van der Waals surface area contributed by atoms with Crippen LogP contribution in [0.25, 0.3) is 0 Å². The standard InChI is InChI=1S/C9H11BN2O3S.CH5BO4P/c10-6-1-2-7(15-6)12-3-5(4-13)8(16)11-9(12)14;2-1-6-7(3,4)5/h3,6-7,13H,1-2,4H2,(H,11,14,16);3-5H,1H2/q;+1/t6-,7?;/m0./s1. The molecule has 1 aromatic heterocycles. The minimum atomic E-state index is -4.04. The minimum absolute atomic E-state index is 0.214. The van der Waals surface area contributed by atoms with Crippen LogP contribution in [-0.4, -0.2) is 57.5 Å². The summed E-state index contributed by atoms with van der Waals surface area (Å²) in [7, 11) is 6.19. The quantitative estimate of drug-likeness (QED) is 0.261. The van der Waals surface area contributed by atoms with Crippen molar-refractivity contribution in [3.05, 3.63) is 26.9 Å². The highest BCUT2D eigenvalue weighted by Gasteiger charge is 2.31. The van der Waals surface area contributed by atoms with Gasteiger partial charge in [-0.05, 0) is 12.8 Å². The fraction of sp³-hybridized carbons (Fsp3) is 0.600. The van der Waals surface area contributed by atoms with Gasteiger partial charge >= 0.3 is 13.9 Å². The molecule has 1 aromatic rings. The monoisotopic (exact) mass is 361 g/mol. The summed E-state index contributed by atoms with van der Waals surface area (Å²) in [6, 6.07) is -0.336. The van der Waals surface area contributed by atoms with Gasteiger partial charge in [-0.3, -0.25) is 9.55 Å². The molecule has 13 heteroatoms. The largest absolute Gasteiger partial charge is 0.566 e. The predicted molar refractivity (Wildman–Crippen MR) is 86.0 cm³/mol. The maximum absolute atomic E-state index is 11.6. The predicted octanol–water partition coefficient (Wildman–Crippen LogP) is -1.01. The topological polar surface area (TPSA) is 137 Å². The average molecular weight is 361 g/mol. The van der Waals surface area contributed by atoms with Gasteiger partial charge in [0.25, 0.3) is 0 Å². The molecule has 0 bridgehead atoms. The molecule has 1 saturated heterocycles. The summed E-state index contributed by atoms with van der Waals surface area (Å²) in [6.45, 7) is -0.605. The van der Waals surface area contributed by atoms with E-state index in [9.17, 15) is 4.79 Å². The molecule has 0 saturated carbocycles. The van der Waals surface area contributed by atoms with Crippen LogP contribution in [-0.2, 0) is 15.9 Å². The number of aromatic nitrogens is 2. The molecule has 1 aliphatic rings. The number of rotatable bonds is 4. The minimum Gasteiger partial charge on any atom is -0.392 e. The Labute approximate surface area is 140 Å². The van der Waals surface area contributed by atoms with E-state index in [1.54, 1.807) is 0 Å². The van der Waals surface area contributed by atoms with Crippen molar-refractivity contribution in [2.24, 2.45) is 0 Å². The van der Waals surface area contributed by atoms with Crippen LogP contribution in [0.3, 0.4) is 0 Å². The Morgan fingerprint density at radius 2 is 2.13 bits per heavy atom. The number of aromatic amines is 1. The van der Waals surface area contributed by atoms with Crippen molar-refractivity contribution in [3.8, 4) is 0 Å². The van der Waals surface area contributed by atoms with E-state index in [1.807, 2.05) is 0 Å². The molecule has 1 fully saturated rings. The van der Waals surface area contributed by atoms with Crippen molar-refractivity contribution >= 4 is 36.1 Å². The summed E-state index contributed by atoms with van der Waals surface area (Å²) in [4.78, 5) is 37.9. The Hall–Kier alpha value is -0.580. The molecule has 0 aromatic carbocycles. The van der Waals surface area contributed by atoms with Crippen LogP contribution in [0, 0.1) is 4.64 Å². The molecular weight excluding hydrogens is 345 g/mol. The van der Waals surface area contributed by atoms with Crippen molar-refractivity contribution in [3.63, 3.8) is 0 Å². The van der Waals surface area contributed by atoms with Crippen LogP contribution in [0.4, 0.5) is 0 Å². The molecule has 5 N–H and O–H groups in total. The molecule has 9 nitrogen and oxygen atoms in total. The Bertz CT molecular complexity index is 620. The van der Waals surface area contributed by atoms with E-state index in [-0.39, 0.29) is 29.2 Å². The third kappa shape index (κ3) is 6.82. The number of hydrogen-bond acceptors (Lipinski definition) is 8. The highest BCUT2D eigenvalue weighted by molar-refractivity contribution is 7.71. The SMILES string of the molecule is [B]CO[P+](O)(O)O.[B][C@@H]1CCC(n2cc(CO)c(=S)[nH]c2=O)O1. The van der Waals surface area contributed by atoms with Crippen molar-refractivity contribution < 1.29 is 29.0 Å². The number of ether oxygens (including phenoxy) is 1. The Kier molecular flexibility index (Phi) is 8.05. The Morgan fingerprint density at radius 3 is 2.52 bits per heavy atom. The molecule has 1 aliphatic heterocycles. The smallest absolute Gasteiger partial charge is 0.392 e. The summed E-state index contributed by atoms with van der Waals surface area (Å²) >= 11 is 4.90. The van der Waals surface area contributed by atoms with Gasteiger partial charge in [0.15, 0.2) is 0 Å². The molecule has 4 radical (unpaired) electrons. The van der Waals surface area contributed by atoms with E-state index in [2.05, 4.69) is 17.4 Å². The normalized spacial score (nSPS) is 20.9. The van der Waals surface area contributed by atoms with Crippen molar-refractivity contribution in [1.29, 1.82) is 0 Å². The molecule has 2 heterocycles. The first-order valence-electron chi connectivity index (χ1n) is 6.46. The second-order valence-electron chi connectivity index (χ2n) is 4.49. The second-order valence-corrected chi connectivity index (χ2v) is 6.19. The van der Waals surface area contributed by atoms with Crippen molar-refractivity contribution in [1.82, 2.24) is 9.55 Å². The van der Waals surface area contributed by atoms with Crippen LogP contribution in [0.5, 0.6) is 0 Å². The lowest BCUT2D eigenvalue weighted by atomic mass is 9.98. The van der Waals surface area contributed by atoms with Crippen LogP contribution in [0.1, 0.15) is 24.6 Å². The van der Waals surface area contributed by atoms with Crippen LogP contribution < -0.4 is 5.69 Å². The van der Waals surface area contributed by atoms with Gasteiger partial charge in [0.2, 0.25) is 0 Å². The molecule has 124 valence electrons. The van der Waals surface area contributed by atoms with Gasteiger partial charge in [0.1, 0.15) is 26.6 Å². The molecule has 2 rings (SSSR count). The molecule has 23 heavy (non-hydrogen) atoms. The number of H-pyrrole nitrogens is 1. The third-order valence-corrected chi connectivity index (χ3v) is 3.66. The van der Waals surface area contributed by atoms with Gasteiger partial charge in [0, 0.05) is 17.8 Å². The first-order chi connectivity index (χ1) is 10.7. The van der Waals surface area contributed by atoms with Crippen LogP contribution in [0.15, 0.2) is 11.0 Å². The molecule has 0 spiro atoms. The zero-order valence-electron chi connectivity index (χ0n) is 12.0. The fourth-order valence-corrected chi connectivity index (χ4v) is 2.21. The molecule has 2 atom stereocenters. The summed E-state index contributed by atoms with van der Waals surface area (Å²) < 4.78 is 10.8. The van der Waals surface area contributed by atoms with Gasteiger partial charge in [-0.15, -0.1) is 0 Å². The summed E-state index contributed by atoms with van der Waals surface area (Å²) in [5.74, 6) is 0. The molecular formula is C10H16B2N2O7PS+. The fourth-order valence-electron chi connectivity index (χ4n) is 1.80. The first kappa shape index (κ1) is 20.5. The number of nitrogens with one attached hydrogen (secondary N) is 1. The lowest BCUT2D eigenvalue weighted by Gasteiger charge is -2.15. The van der Waals surface area contributed by atoms with E-state index in [0.717, 1.165) is 0 Å². The number of hydrogen-bond donors (Lipinski definition) is 5. The number of nitrogens with zero attached hydrogens (tertiary/aromatic N) is 1. The highest BCUT2D eigenvalue weighted by atomic mass is 32.1. The van der Waals surface area contributed by atoms with Gasteiger partial charge in [-0.25, -0.2) is 4.79 Å².